The maximum Gasteiger partial charge on any atom is 0.490 e. The molecule has 11 heteroatoms. The zero-order chi connectivity index (χ0) is 21.7. The number of halogens is 3. The molecule has 2 aromatic rings. The van der Waals surface area contributed by atoms with E-state index in [4.69, 9.17) is 23.8 Å². The second kappa shape index (κ2) is 9.16. The molecule has 0 saturated carbocycles. The van der Waals surface area contributed by atoms with Crippen molar-refractivity contribution >= 4 is 11.9 Å². The van der Waals surface area contributed by atoms with E-state index in [0.717, 1.165) is 12.8 Å². The van der Waals surface area contributed by atoms with Gasteiger partial charge in [-0.2, -0.15) is 13.2 Å². The summed E-state index contributed by atoms with van der Waals surface area (Å²) in [6.45, 7) is 1.22. The fourth-order valence-electron chi connectivity index (χ4n) is 3.39. The van der Waals surface area contributed by atoms with E-state index in [2.05, 4.69) is 4.98 Å². The molecule has 2 aromatic heterocycles. The van der Waals surface area contributed by atoms with Crippen LogP contribution in [-0.4, -0.2) is 64.4 Å². The minimum absolute atomic E-state index is 0.0310. The van der Waals surface area contributed by atoms with Crippen molar-refractivity contribution in [3.8, 4) is 5.75 Å². The lowest BCUT2D eigenvalue weighted by atomic mass is 10.0. The number of ether oxygens (including phenoxy) is 2. The van der Waals surface area contributed by atoms with Crippen LogP contribution in [0.5, 0.6) is 5.75 Å². The maximum atomic E-state index is 12.7. The molecule has 0 bridgehead atoms. The minimum Gasteiger partial charge on any atom is -0.484 e. The maximum absolute atomic E-state index is 12.7. The number of carboxylic acid groups (broad SMARTS) is 1. The monoisotopic (exact) mass is 428 g/mol. The van der Waals surface area contributed by atoms with E-state index in [1.165, 1.54) is 12.5 Å². The van der Waals surface area contributed by atoms with E-state index in [1.807, 2.05) is 17.0 Å². The van der Waals surface area contributed by atoms with Gasteiger partial charge < -0.3 is 23.9 Å². The minimum atomic E-state index is -5.08. The van der Waals surface area contributed by atoms with E-state index in [9.17, 15) is 18.0 Å². The fraction of sp³-hybridized carbons (Fsp3) is 0.421. The summed E-state index contributed by atoms with van der Waals surface area (Å²) < 4.78 is 48.7. The number of pyridine rings is 1. The molecule has 2 aliphatic heterocycles. The fourth-order valence-corrected chi connectivity index (χ4v) is 3.39. The third kappa shape index (κ3) is 5.09. The van der Waals surface area contributed by atoms with Gasteiger partial charge in [-0.15, -0.1) is 0 Å². The molecular formula is C19H19F3N2O6. The zero-order valence-corrected chi connectivity index (χ0v) is 15.6. The number of nitrogens with zero attached hydrogens (tertiary/aromatic N) is 2. The van der Waals surface area contributed by atoms with E-state index in [0.29, 0.717) is 24.5 Å². The highest BCUT2D eigenvalue weighted by molar-refractivity contribution is 5.94. The van der Waals surface area contributed by atoms with E-state index >= 15 is 0 Å². The van der Waals surface area contributed by atoms with Crippen LogP contribution >= 0.6 is 0 Å². The molecule has 2 aliphatic rings. The molecule has 0 aliphatic carbocycles. The van der Waals surface area contributed by atoms with Gasteiger partial charge in [0.05, 0.1) is 30.6 Å². The highest BCUT2D eigenvalue weighted by Crippen LogP contribution is 2.32. The Balaban J connectivity index is 0.000000318. The van der Waals surface area contributed by atoms with Gasteiger partial charge in [0.15, 0.2) is 0 Å². The van der Waals surface area contributed by atoms with Crippen molar-refractivity contribution < 1.29 is 41.8 Å². The average Bonchev–Trinajstić information content (AvgIpc) is 3.37. The number of aliphatic carboxylic acids is 1. The topological polar surface area (TPSA) is 102 Å². The smallest absolute Gasteiger partial charge is 0.484 e. The first-order valence-corrected chi connectivity index (χ1v) is 9.09. The Morgan fingerprint density at radius 2 is 2.07 bits per heavy atom. The molecule has 0 radical (unpaired) electrons. The lowest BCUT2D eigenvalue weighted by Crippen LogP contribution is -2.44. The largest absolute Gasteiger partial charge is 0.490 e. The molecular weight excluding hydrogens is 409 g/mol. The number of amides is 1. The highest BCUT2D eigenvalue weighted by Gasteiger charge is 2.47. The first-order chi connectivity index (χ1) is 14.3. The van der Waals surface area contributed by atoms with Crippen molar-refractivity contribution in [1.29, 1.82) is 0 Å². The molecule has 2 saturated heterocycles. The number of likely N-dealkylation sites (tertiary alicyclic amines) is 1. The van der Waals surface area contributed by atoms with E-state index < -0.39 is 12.1 Å². The number of rotatable bonds is 3. The Kier molecular flexibility index (Phi) is 6.60. The molecule has 2 fully saturated rings. The molecule has 0 spiro atoms. The normalized spacial score (nSPS) is 23.2. The number of alkyl halides is 3. The van der Waals surface area contributed by atoms with Crippen LogP contribution in [-0.2, 0) is 9.53 Å². The SMILES string of the molecule is O=C(O)C(F)(F)F.O=C(c1ccoc1)N1C[C@H](Oc2cccnc2)[C@H]2OCCC[C@H]21. The quantitative estimate of drug-likeness (QED) is 0.802. The predicted octanol–water partition coefficient (Wildman–Crippen LogP) is 2.76. The molecule has 0 unspecified atom stereocenters. The van der Waals surface area contributed by atoms with Crippen LogP contribution in [0.4, 0.5) is 13.2 Å². The number of carbonyl (C=O) groups is 2. The number of hydrogen-bond donors (Lipinski definition) is 1. The first-order valence-electron chi connectivity index (χ1n) is 9.09. The number of furan rings is 1. The van der Waals surface area contributed by atoms with Gasteiger partial charge in [0, 0.05) is 12.8 Å². The number of hydrogen-bond acceptors (Lipinski definition) is 6. The average molecular weight is 428 g/mol. The number of carboxylic acids is 1. The van der Waals surface area contributed by atoms with Crippen LogP contribution in [0.2, 0.25) is 0 Å². The van der Waals surface area contributed by atoms with Gasteiger partial charge in [0.25, 0.3) is 5.91 Å². The van der Waals surface area contributed by atoms with Crippen molar-refractivity contribution in [1.82, 2.24) is 9.88 Å². The van der Waals surface area contributed by atoms with Gasteiger partial charge >= 0.3 is 12.1 Å². The summed E-state index contributed by atoms with van der Waals surface area (Å²) in [6.07, 6.45) is 2.91. The molecule has 1 N–H and O–H groups in total. The Morgan fingerprint density at radius 1 is 1.30 bits per heavy atom. The number of fused-ring (bicyclic) bond motifs is 1. The van der Waals surface area contributed by atoms with Crippen LogP contribution in [0.25, 0.3) is 0 Å². The molecule has 8 nitrogen and oxygen atoms in total. The standard InChI is InChI=1S/C17H18N2O4.C2HF3O2/c20-17(12-5-8-21-11-12)19-10-15(16-14(19)4-2-7-22-16)23-13-3-1-6-18-9-13;3-2(4,5)1(6)7/h1,3,5-6,8-9,11,14-16H,2,4,7,10H2;(H,6,7)/t14-,15+,16+;/m1./s1. The first kappa shape index (κ1) is 21.6. The van der Waals surface area contributed by atoms with E-state index in [-0.39, 0.29) is 24.2 Å². The van der Waals surface area contributed by atoms with Crippen LogP contribution in [0.1, 0.15) is 23.2 Å². The van der Waals surface area contributed by atoms with Crippen LogP contribution < -0.4 is 4.74 Å². The summed E-state index contributed by atoms with van der Waals surface area (Å²) in [5.41, 5.74) is 0.566. The van der Waals surface area contributed by atoms with Crippen LogP contribution in [0.3, 0.4) is 0 Å². The Bertz CT molecular complexity index is 844. The third-order valence-corrected chi connectivity index (χ3v) is 4.67. The molecule has 4 rings (SSSR count). The third-order valence-electron chi connectivity index (χ3n) is 4.67. The van der Waals surface area contributed by atoms with Gasteiger partial charge in [-0.25, -0.2) is 4.79 Å². The molecule has 3 atom stereocenters. The predicted molar refractivity (Wildman–Crippen MR) is 94.9 cm³/mol. The van der Waals surface area contributed by atoms with E-state index in [1.54, 1.807) is 18.5 Å². The van der Waals surface area contributed by atoms with Crippen molar-refractivity contribution in [2.24, 2.45) is 0 Å². The van der Waals surface area contributed by atoms with Crippen molar-refractivity contribution in [3.63, 3.8) is 0 Å². The number of carbonyl (C=O) groups excluding carboxylic acids is 1. The summed E-state index contributed by atoms with van der Waals surface area (Å²) >= 11 is 0. The van der Waals surface area contributed by atoms with Gasteiger partial charge in [-0.3, -0.25) is 9.78 Å². The summed E-state index contributed by atoms with van der Waals surface area (Å²) in [5.74, 6) is -2.09. The highest BCUT2D eigenvalue weighted by atomic mass is 19.4. The Labute approximate surface area is 169 Å². The summed E-state index contributed by atoms with van der Waals surface area (Å²) in [5, 5.41) is 7.12. The van der Waals surface area contributed by atoms with Crippen molar-refractivity contribution in [2.75, 3.05) is 13.2 Å². The van der Waals surface area contributed by atoms with Gasteiger partial charge in [-0.1, -0.05) is 0 Å². The Hall–Kier alpha value is -3.08. The van der Waals surface area contributed by atoms with Crippen LogP contribution in [0, 0.1) is 0 Å². The summed E-state index contributed by atoms with van der Waals surface area (Å²) in [4.78, 5) is 27.5. The van der Waals surface area contributed by atoms with Gasteiger partial charge in [-0.05, 0) is 31.0 Å². The van der Waals surface area contributed by atoms with Crippen LogP contribution in [0.15, 0.2) is 47.5 Å². The zero-order valence-electron chi connectivity index (χ0n) is 15.6. The van der Waals surface area contributed by atoms with Crippen molar-refractivity contribution in [3.05, 3.63) is 48.7 Å². The molecule has 162 valence electrons. The van der Waals surface area contributed by atoms with Gasteiger partial charge in [0.2, 0.25) is 0 Å². The van der Waals surface area contributed by atoms with Gasteiger partial charge in [0.1, 0.15) is 24.2 Å². The lowest BCUT2D eigenvalue weighted by Gasteiger charge is -2.31. The van der Waals surface area contributed by atoms with Crippen molar-refractivity contribution in [2.45, 2.75) is 37.3 Å². The summed E-state index contributed by atoms with van der Waals surface area (Å²) in [6, 6.07) is 5.44. The molecule has 1 amide bonds. The molecule has 4 heterocycles. The summed E-state index contributed by atoms with van der Waals surface area (Å²) in [7, 11) is 0. The molecule has 30 heavy (non-hydrogen) atoms. The second-order valence-electron chi connectivity index (χ2n) is 6.66. The number of aromatic nitrogens is 1. The molecule has 0 aromatic carbocycles. The second-order valence-corrected chi connectivity index (χ2v) is 6.66. The lowest BCUT2D eigenvalue weighted by molar-refractivity contribution is -0.192. The Morgan fingerprint density at radius 3 is 2.67 bits per heavy atom.